The number of hydrogen-bond acceptors (Lipinski definition) is 6. The fraction of sp³-hybridized carbons (Fsp3) is 0.263. The second-order valence-electron chi connectivity index (χ2n) is 6.72. The summed E-state index contributed by atoms with van der Waals surface area (Å²) in [6.45, 7) is 3.87. The van der Waals surface area contributed by atoms with E-state index in [2.05, 4.69) is 32.1 Å². The number of nitrogens with zero attached hydrogens (tertiary/aromatic N) is 3. The summed E-state index contributed by atoms with van der Waals surface area (Å²) >= 11 is 0. The van der Waals surface area contributed by atoms with E-state index >= 15 is 0 Å². The molecule has 0 radical (unpaired) electrons. The van der Waals surface area contributed by atoms with E-state index in [1.54, 1.807) is 7.11 Å². The summed E-state index contributed by atoms with van der Waals surface area (Å²) in [5.74, 6) is 1.92. The first kappa shape index (κ1) is 17.6. The number of fused-ring (bicyclic) bond motifs is 2. The minimum atomic E-state index is 0. The normalized spacial score (nSPS) is 14.3. The fourth-order valence-electron chi connectivity index (χ4n) is 3.59. The number of rotatable bonds is 3. The first-order valence-electron chi connectivity index (χ1n) is 8.56. The third-order valence-electron chi connectivity index (χ3n) is 5.00. The molecule has 3 aromatic heterocycles. The smallest absolute Gasteiger partial charge is 0.176 e. The molecule has 0 unspecified atom stereocenters. The van der Waals surface area contributed by atoms with Gasteiger partial charge in [0, 0.05) is 30.2 Å². The Hall–Kier alpha value is -2.77. The molecule has 7 nitrogen and oxygen atoms in total. The maximum Gasteiger partial charge on any atom is 0.176 e. The van der Waals surface area contributed by atoms with Gasteiger partial charge in [-0.1, -0.05) is 0 Å². The summed E-state index contributed by atoms with van der Waals surface area (Å²) < 4.78 is 13.8. The molecule has 27 heavy (non-hydrogen) atoms. The van der Waals surface area contributed by atoms with Crippen molar-refractivity contribution in [1.29, 1.82) is 0 Å². The topological polar surface area (TPSA) is 91.1 Å². The first-order valence-corrected chi connectivity index (χ1v) is 8.56. The number of anilines is 1. The third kappa shape index (κ3) is 2.62. The van der Waals surface area contributed by atoms with Crippen LogP contribution in [0.15, 0.2) is 35.1 Å². The van der Waals surface area contributed by atoms with E-state index in [9.17, 15) is 0 Å². The summed E-state index contributed by atoms with van der Waals surface area (Å²) in [5.41, 5.74) is 9.78. The van der Waals surface area contributed by atoms with Crippen molar-refractivity contribution in [1.82, 2.24) is 19.9 Å². The molecule has 0 aliphatic carbocycles. The van der Waals surface area contributed by atoms with Crippen molar-refractivity contribution in [2.45, 2.75) is 13.0 Å². The van der Waals surface area contributed by atoms with Gasteiger partial charge in [0.2, 0.25) is 0 Å². The Bertz CT molecular complexity index is 1150. The Morgan fingerprint density at radius 3 is 2.78 bits per heavy atom. The highest BCUT2D eigenvalue weighted by Crippen LogP contribution is 2.39. The molecule has 1 aromatic carbocycles. The van der Waals surface area contributed by atoms with E-state index in [-0.39, 0.29) is 12.4 Å². The predicted octanol–water partition coefficient (Wildman–Crippen LogP) is 3.31. The highest BCUT2D eigenvalue weighted by molar-refractivity contribution is 6.01. The standard InChI is InChI=1S/C19H19N5O2.ClH/c1-10-3-11-5-14(26-17(11)15(4-10)25-2)13-8-24(12-6-21-7-12)19-16(13)18(20)22-9-23-19;/h3-5,8-9,12,21H,6-7H2,1-2H3,(H2,20,22,23);1H. The minimum Gasteiger partial charge on any atom is -0.493 e. The Morgan fingerprint density at radius 1 is 1.26 bits per heavy atom. The van der Waals surface area contributed by atoms with Crippen LogP contribution in [0.3, 0.4) is 0 Å². The highest BCUT2D eigenvalue weighted by atomic mass is 35.5. The maximum absolute atomic E-state index is 6.20. The summed E-state index contributed by atoms with van der Waals surface area (Å²) in [5, 5.41) is 5.12. The molecule has 0 spiro atoms. The van der Waals surface area contributed by atoms with Crippen molar-refractivity contribution in [2.24, 2.45) is 0 Å². The van der Waals surface area contributed by atoms with Gasteiger partial charge in [0.25, 0.3) is 0 Å². The van der Waals surface area contributed by atoms with Gasteiger partial charge in [0.05, 0.1) is 18.5 Å². The lowest BCUT2D eigenvalue weighted by atomic mass is 10.1. The molecule has 4 aromatic rings. The van der Waals surface area contributed by atoms with Crippen LogP contribution < -0.4 is 15.8 Å². The van der Waals surface area contributed by atoms with Crippen LogP contribution in [0.4, 0.5) is 5.82 Å². The lowest BCUT2D eigenvalue weighted by Crippen LogP contribution is -2.43. The predicted molar refractivity (Wildman–Crippen MR) is 108 cm³/mol. The molecule has 140 valence electrons. The quantitative estimate of drug-likeness (QED) is 0.562. The molecule has 0 amide bonds. The number of nitrogens with one attached hydrogen (secondary N) is 1. The molecule has 8 heteroatoms. The van der Waals surface area contributed by atoms with E-state index < -0.39 is 0 Å². The minimum absolute atomic E-state index is 0. The van der Waals surface area contributed by atoms with Gasteiger partial charge in [-0.3, -0.25) is 0 Å². The molecular formula is C19H20ClN5O2. The van der Waals surface area contributed by atoms with Gasteiger partial charge in [-0.2, -0.15) is 0 Å². The van der Waals surface area contributed by atoms with Gasteiger partial charge >= 0.3 is 0 Å². The molecule has 5 rings (SSSR count). The van der Waals surface area contributed by atoms with Crippen molar-refractivity contribution >= 4 is 40.2 Å². The van der Waals surface area contributed by atoms with Crippen LogP contribution in [0, 0.1) is 6.92 Å². The molecular weight excluding hydrogens is 366 g/mol. The van der Waals surface area contributed by atoms with E-state index in [0.29, 0.717) is 11.9 Å². The molecule has 1 fully saturated rings. The zero-order valence-electron chi connectivity index (χ0n) is 15.0. The van der Waals surface area contributed by atoms with Crippen LogP contribution >= 0.6 is 12.4 Å². The van der Waals surface area contributed by atoms with Gasteiger partial charge in [-0.25, -0.2) is 9.97 Å². The molecule has 1 aliphatic heterocycles. The lowest BCUT2D eigenvalue weighted by molar-refractivity contribution is 0.350. The van der Waals surface area contributed by atoms with Gasteiger partial charge in [-0.05, 0) is 30.7 Å². The number of halogens is 1. The number of benzene rings is 1. The maximum atomic E-state index is 6.20. The van der Waals surface area contributed by atoms with Crippen LogP contribution in [0.25, 0.3) is 33.3 Å². The Balaban J connectivity index is 0.00000180. The summed E-state index contributed by atoms with van der Waals surface area (Å²) in [7, 11) is 1.65. The Labute approximate surface area is 161 Å². The molecule has 4 heterocycles. The van der Waals surface area contributed by atoms with Crippen molar-refractivity contribution in [3.05, 3.63) is 36.3 Å². The van der Waals surface area contributed by atoms with Crippen LogP contribution in [0.1, 0.15) is 11.6 Å². The summed E-state index contributed by atoms with van der Waals surface area (Å²) in [6, 6.07) is 6.44. The van der Waals surface area contributed by atoms with Crippen molar-refractivity contribution in [3.8, 4) is 17.1 Å². The number of methoxy groups -OCH3 is 1. The number of hydrogen-bond donors (Lipinski definition) is 2. The number of ether oxygens (including phenoxy) is 1. The Morgan fingerprint density at radius 2 is 2.07 bits per heavy atom. The van der Waals surface area contributed by atoms with Gasteiger partial charge in [-0.15, -0.1) is 12.4 Å². The van der Waals surface area contributed by atoms with E-state index in [1.807, 2.05) is 19.1 Å². The number of aryl methyl sites for hydroxylation is 1. The van der Waals surface area contributed by atoms with Crippen LogP contribution in [0.2, 0.25) is 0 Å². The summed E-state index contributed by atoms with van der Waals surface area (Å²) in [4.78, 5) is 8.65. The van der Waals surface area contributed by atoms with Crippen molar-refractivity contribution in [3.63, 3.8) is 0 Å². The molecule has 0 atom stereocenters. The number of aromatic nitrogens is 3. The van der Waals surface area contributed by atoms with Gasteiger partial charge in [0.15, 0.2) is 11.3 Å². The zero-order chi connectivity index (χ0) is 17.8. The molecule has 1 aliphatic rings. The molecule has 0 bridgehead atoms. The summed E-state index contributed by atoms with van der Waals surface area (Å²) in [6.07, 6.45) is 3.58. The van der Waals surface area contributed by atoms with Crippen LogP contribution in [-0.4, -0.2) is 34.7 Å². The molecule has 1 saturated heterocycles. The Kier molecular flexibility index (Phi) is 4.20. The fourth-order valence-corrected chi connectivity index (χ4v) is 3.59. The first-order chi connectivity index (χ1) is 12.7. The van der Waals surface area contributed by atoms with Crippen molar-refractivity contribution < 1.29 is 9.15 Å². The van der Waals surface area contributed by atoms with Gasteiger partial charge in [0.1, 0.15) is 23.6 Å². The molecule has 0 saturated carbocycles. The van der Waals surface area contributed by atoms with Gasteiger partial charge < -0.3 is 24.8 Å². The number of nitrogen functional groups attached to an aromatic ring is 1. The lowest BCUT2D eigenvalue weighted by Gasteiger charge is -2.28. The zero-order valence-corrected chi connectivity index (χ0v) is 15.8. The van der Waals surface area contributed by atoms with Crippen LogP contribution in [-0.2, 0) is 0 Å². The monoisotopic (exact) mass is 385 g/mol. The second-order valence-corrected chi connectivity index (χ2v) is 6.72. The van der Waals surface area contributed by atoms with E-state index in [0.717, 1.165) is 57.7 Å². The number of furan rings is 1. The highest BCUT2D eigenvalue weighted by Gasteiger charge is 2.25. The SMILES string of the molecule is COc1cc(C)cc2cc(-c3cn(C4CNC4)c4ncnc(N)c34)oc12.Cl. The molecule has 3 N–H and O–H groups in total. The van der Waals surface area contributed by atoms with Crippen LogP contribution in [0.5, 0.6) is 5.75 Å². The van der Waals surface area contributed by atoms with E-state index in [1.165, 1.54) is 6.33 Å². The average molecular weight is 386 g/mol. The largest absolute Gasteiger partial charge is 0.493 e. The second kappa shape index (κ2) is 6.44. The third-order valence-corrected chi connectivity index (χ3v) is 5.00. The van der Waals surface area contributed by atoms with E-state index in [4.69, 9.17) is 14.9 Å². The van der Waals surface area contributed by atoms with Crippen molar-refractivity contribution in [2.75, 3.05) is 25.9 Å². The number of nitrogens with two attached hydrogens (primary N) is 1. The average Bonchev–Trinajstić information content (AvgIpc) is 3.15.